The standard InChI is InChI=1S/C79H139N2O7P/c1-7-10-13-16-19-22-25-28-30-32-34-36-38-40-42-44-46-48-50-53-56-59-62-65-68-71-78(82)80-76(75-87-89(84,85)86-74-73-81(4,5)6)77(70-67-64-61-58-55-52-27-24-21-18-15-12-9-3)88-79(83)72-69-66-63-60-57-54-51-49-47-45-43-41-39-37-35-33-31-29-26-23-20-17-14-11-8-2/h10,13,19-20,22-23,28-31,34-37,40,42,46,48,67,70,76-77H,7-9,11-12,14-18,21,24-27,32-33,38-39,41,43-45,47,49-66,68-69,71-75H2,1-6H3,(H-,80,82,84,85)/b13-10-,22-19-,23-20-,30-28-,31-29-,36-34-,37-35-,42-40-,48-46-,70-67+. The summed E-state index contributed by atoms with van der Waals surface area (Å²) >= 11 is 0. The Morgan fingerprint density at radius 1 is 0.404 bits per heavy atom. The van der Waals surface area contributed by atoms with Crippen LogP contribution in [0.3, 0.4) is 0 Å². The van der Waals surface area contributed by atoms with Crippen LogP contribution in [0.1, 0.15) is 316 Å². The largest absolute Gasteiger partial charge is 0.756 e. The normalized spacial score (nSPS) is 14.2. The number of nitrogens with zero attached hydrogens (tertiary/aromatic N) is 1. The van der Waals surface area contributed by atoms with Crippen LogP contribution in [0.5, 0.6) is 0 Å². The molecule has 0 aliphatic heterocycles. The van der Waals surface area contributed by atoms with Crippen LogP contribution in [0.4, 0.5) is 0 Å². The summed E-state index contributed by atoms with van der Waals surface area (Å²) in [6.07, 6.45) is 94.6. The molecule has 3 unspecified atom stereocenters. The number of allylic oxidation sites excluding steroid dienone is 19. The molecule has 0 heterocycles. The lowest BCUT2D eigenvalue weighted by atomic mass is 10.0. The van der Waals surface area contributed by atoms with E-state index in [4.69, 9.17) is 13.8 Å². The minimum Gasteiger partial charge on any atom is -0.756 e. The Hall–Kier alpha value is -3.59. The molecular weight excluding hydrogens is 1120 g/mol. The van der Waals surface area contributed by atoms with Crippen LogP contribution in [0.25, 0.3) is 0 Å². The van der Waals surface area contributed by atoms with Crippen molar-refractivity contribution in [3.05, 3.63) is 122 Å². The molecule has 0 fully saturated rings. The smallest absolute Gasteiger partial charge is 0.306 e. The topological polar surface area (TPSA) is 114 Å². The minimum absolute atomic E-state index is 0.0312. The molecule has 0 aliphatic rings. The Morgan fingerprint density at radius 2 is 0.719 bits per heavy atom. The number of phosphoric ester groups is 1. The second kappa shape index (κ2) is 67.3. The number of esters is 1. The quantitative estimate of drug-likeness (QED) is 0.0212. The van der Waals surface area contributed by atoms with E-state index in [0.29, 0.717) is 17.4 Å². The SMILES string of the molecule is CC/C=C\C/C=C\C/C=C\C/C=C\C/C=C\C/C=C\CCCCCCCCC(=O)NC(COP(=O)([O-])OCC[N+](C)(C)C)C(/C=C/CCCCCCCCCCCCC)OC(=O)CCCCCCCCCCCCCC/C=C\C/C=C\C/C=C\CCCCC. The van der Waals surface area contributed by atoms with Gasteiger partial charge in [0.25, 0.3) is 7.82 Å². The molecular formula is C79H139N2O7P. The summed E-state index contributed by atoms with van der Waals surface area (Å²) in [5, 5.41) is 3.04. The zero-order valence-electron chi connectivity index (χ0n) is 58.6. The van der Waals surface area contributed by atoms with E-state index in [0.717, 1.165) is 135 Å². The molecule has 0 aromatic rings. The van der Waals surface area contributed by atoms with Gasteiger partial charge in [-0.15, -0.1) is 0 Å². The molecule has 10 heteroatoms. The van der Waals surface area contributed by atoms with Gasteiger partial charge in [-0.25, -0.2) is 0 Å². The van der Waals surface area contributed by atoms with Crippen molar-refractivity contribution in [1.29, 1.82) is 0 Å². The maximum Gasteiger partial charge on any atom is 0.306 e. The van der Waals surface area contributed by atoms with E-state index in [1.807, 2.05) is 33.3 Å². The zero-order chi connectivity index (χ0) is 64.9. The molecule has 0 saturated heterocycles. The van der Waals surface area contributed by atoms with Crippen LogP contribution >= 0.6 is 7.82 Å². The highest BCUT2D eigenvalue weighted by Crippen LogP contribution is 2.38. The van der Waals surface area contributed by atoms with Crippen LogP contribution in [0, 0.1) is 0 Å². The van der Waals surface area contributed by atoms with Gasteiger partial charge in [0.15, 0.2) is 0 Å². The minimum atomic E-state index is -4.72. The number of hydrogen-bond acceptors (Lipinski definition) is 7. The van der Waals surface area contributed by atoms with Crippen molar-refractivity contribution in [1.82, 2.24) is 5.32 Å². The Kier molecular flexibility index (Phi) is 64.6. The number of hydrogen-bond donors (Lipinski definition) is 1. The fourth-order valence-corrected chi connectivity index (χ4v) is 11.0. The van der Waals surface area contributed by atoms with E-state index in [2.05, 4.69) is 135 Å². The first-order chi connectivity index (χ1) is 43.4. The van der Waals surface area contributed by atoms with Crippen molar-refractivity contribution in [2.75, 3.05) is 40.9 Å². The number of carbonyl (C=O) groups is 2. The number of phosphoric acid groups is 1. The molecule has 1 N–H and O–H groups in total. The van der Waals surface area contributed by atoms with Crippen molar-refractivity contribution in [3.8, 4) is 0 Å². The molecule has 0 saturated carbocycles. The van der Waals surface area contributed by atoms with E-state index < -0.39 is 26.6 Å². The summed E-state index contributed by atoms with van der Waals surface area (Å²) in [4.78, 5) is 40.3. The predicted molar refractivity (Wildman–Crippen MR) is 385 cm³/mol. The lowest BCUT2D eigenvalue weighted by Gasteiger charge is -2.30. The van der Waals surface area contributed by atoms with Crippen LogP contribution in [0.15, 0.2) is 122 Å². The first-order valence-corrected chi connectivity index (χ1v) is 38.3. The monoisotopic (exact) mass is 1260 g/mol. The van der Waals surface area contributed by atoms with Gasteiger partial charge in [-0.05, 0) is 122 Å². The van der Waals surface area contributed by atoms with E-state index in [1.54, 1.807) is 0 Å². The Labute approximate surface area is 550 Å². The van der Waals surface area contributed by atoms with Gasteiger partial charge in [0.2, 0.25) is 5.91 Å². The third-order valence-corrected chi connectivity index (χ3v) is 16.8. The van der Waals surface area contributed by atoms with Crippen LogP contribution in [-0.4, -0.2) is 69.4 Å². The predicted octanol–water partition coefficient (Wildman–Crippen LogP) is 23.2. The number of unbranched alkanes of at least 4 members (excludes halogenated alkanes) is 32. The van der Waals surface area contributed by atoms with Crippen LogP contribution in [0.2, 0.25) is 0 Å². The van der Waals surface area contributed by atoms with Crippen molar-refractivity contribution >= 4 is 19.7 Å². The summed E-state index contributed by atoms with van der Waals surface area (Å²) in [7, 11) is 1.16. The van der Waals surface area contributed by atoms with Gasteiger partial charge in [0.1, 0.15) is 19.3 Å². The molecule has 0 aromatic heterocycles. The fraction of sp³-hybridized carbons (Fsp3) is 0.722. The van der Waals surface area contributed by atoms with Crippen molar-refractivity contribution < 1.29 is 37.3 Å². The average molecular weight is 1260 g/mol. The van der Waals surface area contributed by atoms with E-state index >= 15 is 0 Å². The lowest BCUT2D eigenvalue weighted by Crippen LogP contribution is -2.47. The zero-order valence-corrected chi connectivity index (χ0v) is 59.5. The van der Waals surface area contributed by atoms with Gasteiger partial charge in [-0.2, -0.15) is 0 Å². The second-order valence-corrected chi connectivity index (χ2v) is 27.1. The molecule has 0 aromatic carbocycles. The highest BCUT2D eigenvalue weighted by atomic mass is 31.2. The molecule has 512 valence electrons. The fourth-order valence-electron chi connectivity index (χ4n) is 10.2. The molecule has 0 rings (SSSR count). The molecule has 0 spiro atoms. The number of rotatable bonds is 66. The molecule has 0 radical (unpaired) electrons. The summed E-state index contributed by atoms with van der Waals surface area (Å²) in [6.45, 7) is 6.71. The van der Waals surface area contributed by atoms with E-state index in [-0.39, 0.29) is 24.9 Å². The Bertz CT molecular complexity index is 1940. The second-order valence-electron chi connectivity index (χ2n) is 25.7. The number of carbonyl (C=O) groups excluding carboxylic acids is 2. The summed E-state index contributed by atoms with van der Waals surface area (Å²) in [6, 6.07) is -0.907. The molecule has 9 nitrogen and oxygen atoms in total. The first-order valence-electron chi connectivity index (χ1n) is 36.8. The lowest BCUT2D eigenvalue weighted by molar-refractivity contribution is -0.870. The number of amides is 1. The summed E-state index contributed by atoms with van der Waals surface area (Å²) < 4.78 is 30.5. The summed E-state index contributed by atoms with van der Waals surface area (Å²) in [5.41, 5.74) is 0. The van der Waals surface area contributed by atoms with Gasteiger partial charge in [0, 0.05) is 12.8 Å². The van der Waals surface area contributed by atoms with Crippen molar-refractivity contribution in [2.45, 2.75) is 328 Å². The van der Waals surface area contributed by atoms with Gasteiger partial charge < -0.3 is 28.5 Å². The molecule has 0 bridgehead atoms. The molecule has 89 heavy (non-hydrogen) atoms. The highest BCUT2D eigenvalue weighted by molar-refractivity contribution is 7.45. The summed E-state index contributed by atoms with van der Waals surface area (Å²) in [5.74, 6) is -0.559. The Morgan fingerprint density at radius 3 is 1.10 bits per heavy atom. The van der Waals surface area contributed by atoms with Crippen LogP contribution < -0.4 is 10.2 Å². The highest BCUT2D eigenvalue weighted by Gasteiger charge is 2.27. The Balaban J connectivity index is 5.12. The molecule has 3 atom stereocenters. The van der Waals surface area contributed by atoms with Gasteiger partial charge >= 0.3 is 5.97 Å². The van der Waals surface area contributed by atoms with Gasteiger partial charge in [0.05, 0.1) is 33.8 Å². The van der Waals surface area contributed by atoms with Gasteiger partial charge in [-0.1, -0.05) is 303 Å². The third-order valence-electron chi connectivity index (χ3n) is 15.9. The number of likely N-dealkylation sites (N-methyl/N-ethyl adjacent to an activating group) is 1. The first kappa shape index (κ1) is 85.4. The average Bonchev–Trinajstić information content (AvgIpc) is 3.67. The maximum absolute atomic E-state index is 13.6. The molecule has 0 aliphatic carbocycles. The number of nitrogens with one attached hydrogen (secondary N) is 1. The number of ether oxygens (including phenoxy) is 1. The van der Waals surface area contributed by atoms with Crippen LogP contribution in [-0.2, 0) is 27.9 Å². The van der Waals surface area contributed by atoms with Crippen molar-refractivity contribution in [3.63, 3.8) is 0 Å². The van der Waals surface area contributed by atoms with Gasteiger partial charge in [-0.3, -0.25) is 14.2 Å². The van der Waals surface area contributed by atoms with E-state index in [9.17, 15) is 19.0 Å². The third kappa shape index (κ3) is 68.6. The van der Waals surface area contributed by atoms with Crippen molar-refractivity contribution in [2.24, 2.45) is 0 Å². The number of quaternary nitrogens is 1. The maximum atomic E-state index is 13.6. The van der Waals surface area contributed by atoms with E-state index in [1.165, 1.54) is 148 Å². The molecule has 1 amide bonds.